The van der Waals surface area contributed by atoms with Crippen molar-refractivity contribution >= 4 is 17.9 Å². The van der Waals surface area contributed by atoms with E-state index < -0.39 is 30.5 Å². The average molecular weight is 461 g/mol. The van der Waals surface area contributed by atoms with Crippen molar-refractivity contribution in [3.63, 3.8) is 0 Å². The lowest BCUT2D eigenvalue weighted by Gasteiger charge is -2.44. The van der Waals surface area contributed by atoms with E-state index in [0.717, 1.165) is 31.2 Å². The standard InChI is InChI=1S/C25H36N2O6/c1-3-32-24(29)20(14-13-17-9-5-4-6-10-17)26-16(2)23(28)22-19-12-8-7-11-18(19)15-21(27-22)33-25(30)31/h4-6,9-10,16,18-22,26-27H,3,7-8,11-15H2,1-2H3,(H,30,31)/t16-,18?,19?,20?,21?,22?/m0/s1. The molecule has 0 radical (unpaired) electrons. The van der Waals surface area contributed by atoms with E-state index in [1.54, 1.807) is 13.8 Å². The van der Waals surface area contributed by atoms with E-state index in [2.05, 4.69) is 10.6 Å². The van der Waals surface area contributed by atoms with Gasteiger partial charge in [0.2, 0.25) is 0 Å². The number of hydrogen-bond acceptors (Lipinski definition) is 7. The van der Waals surface area contributed by atoms with E-state index in [1.165, 1.54) is 0 Å². The van der Waals surface area contributed by atoms with Gasteiger partial charge >= 0.3 is 12.1 Å². The predicted molar refractivity (Wildman–Crippen MR) is 123 cm³/mol. The first kappa shape index (κ1) is 25.2. The van der Waals surface area contributed by atoms with Gasteiger partial charge in [-0.3, -0.25) is 20.2 Å². The molecular weight excluding hydrogens is 424 g/mol. The molecule has 8 heteroatoms. The van der Waals surface area contributed by atoms with E-state index in [-0.39, 0.29) is 30.2 Å². The van der Waals surface area contributed by atoms with Crippen molar-refractivity contribution in [1.29, 1.82) is 0 Å². The van der Waals surface area contributed by atoms with Crippen molar-refractivity contribution < 1.29 is 29.0 Å². The van der Waals surface area contributed by atoms with E-state index in [4.69, 9.17) is 14.6 Å². The quantitative estimate of drug-likeness (QED) is 0.456. The summed E-state index contributed by atoms with van der Waals surface area (Å²) in [6, 6.07) is 8.16. The highest BCUT2D eigenvalue weighted by molar-refractivity contribution is 5.90. The zero-order valence-corrected chi connectivity index (χ0v) is 19.5. The van der Waals surface area contributed by atoms with Gasteiger partial charge in [0, 0.05) is 6.42 Å². The number of fused-ring (bicyclic) bond motifs is 1. The Hall–Kier alpha value is -2.45. The van der Waals surface area contributed by atoms with E-state index in [1.807, 2.05) is 30.3 Å². The molecule has 1 aromatic carbocycles. The summed E-state index contributed by atoms with van der Waals surface area (Å²) >= 11 is 0. The lowest BCUT2D eigenvalue weighted by atomic mass is 9.69. The van der Waals surface area contributed by atoms with Crippen LogP contribution in [0.15, 0.2) is 30.3 Å². The molecule has 1 saturated heterocycles. The normalized spacial score (nSPS) is 26.5. The van der Waals surface area contributed by atoms with Gasteiger partial charge in [-0.1, -0.05) is 43.2 Å². The summed E-state index contributed by atoms with van der Waals surface area (Å²) in [6.45, 7) is 3.80. The summed E-state index contributed by atoms with van der Waals surface area (Å²) in [5.74, 6) is -0.0362. The number of benzene rings is 1. The molecule has 1 aliphatic heterocycles. The minimum absolute atomic E-state index is 0.0698. The maximum atomic E-state index is 13.5. The van der Waals surface area contributed by atoms with Crippen LogP contribution in [0.5, 0.6) is 0 Å². The minimum atomic E-state index is -1.34. The number of carbonyl (C=O) groups excluding carboxylic acids is 2. The van der Waals surface area contributed by atoms with Crippen LogP contribution in [-0.4, -0.2) is 54.0 Å². The number of piperidine rings is 1. The third kappa shape index (κ3) is 7.01. The lowest BCUT2D eigenvalue weighted by Crippen LogP contribution is -2.61. The van der Waals surface area contributed by atoms with Crippen LogP contribution in [-0.2, 0) is 25.5 Å². The molecule has 2 fully saturated rings. The largest absolute Gasteiger partial charge is 0.507 e. The topological polar surface area (TPSA) is 114 Å². The average Bonchev–Trinajstić information content (AvgIpc) is 2.81. The summed E-state index contributed by atoms with van der Waals surface area (Å²) in [6.07, 6.45) is 3.78. The Balaban J connectivity index is 1.68. The van der Waals surface area contributed by atoms with Gasteiger partial charge in [-0.2, -0.15) is 0 Å². The smallest absolute Gasteiger partial charge is 0.465 e. The number of carbonyl (C=O) groups is 3. The molecular formula is C25H36N2O6. The fraction of sp³-hybridized carbons (Fsp3) is 0.640. The van der Waals surface area contributed by atoms with Crippen LogP contribution in [0.4, 0.5) is 4.79 Å². The molecule has 0 amide bonds. The highest BCUT2D eigenvalue weighted by atomic mass is 16.7. The van der Waals surface area contributed by atoms with Crippen LogP contribution in [0.1, 0.15) is 57.9 Å². The van der Waals surface area contributed by atoms with Gasteiger partial charge in [0.15, 0.2) is 12.0 Å². The molecule has 3 rings (SSSR count). The number of esters is 1. The van der Waals surface area contributed by atoms with Crippen molar-refractivity contribution in [3.8, 4) is 0 Å². The molecule has 1 aliphatic carbocycles. The molecule has 0 spiro atoms. The molecule has 0 aromatic heterocycles. The zero-order chi connectivity index (χ0) is 23.8. The fourth-order valence-corrected chi connectivity index (χ4v) is 5.25. The number of rotatable bonds is 10. The van der Waals surface area contributed by atoms with Crippen molar-refractivity contribution in [2.75, 3.05) is 6.61 Å². The van der Waals surface area contributed by atoms with Crippen LogP contribution in [0.3, 0.4) is 0 Å². The van der Waals surface area contributed by atoms with Crippen LogP contribution in [0, 0.1) is 11.8 Å². The van der Waals surface area contributed by atoms with Crippen LogP contribution in [0.25, 0.3) is 0 Å². The fourth-order valence-electron chi connectivity index (χ4n) is 5.25. The van der Waals surface area contributed by atoms with E-state index in [9.17, 15) is 14.4 Å². The maximum Gasteiger partial charge on any atom is 0.507 e. The summed E-state index contributed by atoms with van der Waals surface area (Å²) in [5, 5.41) is 15.4. The van der Waals surface area contributed by atoms with Gasteiger partial charge in [-0.15, -0.1) is 0 Å². The second-order valence-electron chi connectivity index (χ2n) is 9.08. The highest BCUT2D eigenvalue weighted by Crippen LogP contribution is 2.39. The number of ketones is 1. The van der Waals surface area contributed by atoms with Gasteiger partial charge in [-0.25, -0.2) is 4.79 Å². The molecule has 6 atom stereocenters. The molecule has 182 valence electrons. The van der Waals surface area contributed by atoms with Crippen molar-refractivity contribution in [1.82, 2.24) is 10.6 Å². The first-order valence-electron chi connectivity index (χ1n) is 12.0. The maximum absolute atomic E-state index is 13.5. The van der Waals surface area contributed by atoms with Crippen LogP contribution < -0.4 is 10.6 Å². The van der Waals surface area contributed by atoms with Crippen molar-refractivity contribution in [3.05, 3.63) is 35.9 Å². The van der Waals surface area contributed by atoms with Crippen LogP contribution in [0.2, 0.25) is 0 Å². The van der Waals surface area contributed by atoms with Crippen molar-refractivity contribution in [2.24, 2.45) is 11.8 Å². The Kier molecular flexibility index (Phi) is 9.26. The van der Waals surface area contributed by atoms with Gasteiger partial charge < -0.3 is 14.6 Å². The summed E-state index contributed by atoms with van der Waals surface area (Å²) < 4.78 is 10.2. The summed E-state index contributed by atoms with van der Waals surface area (Å²) in [4.78, 5) is 37.2. The first-order valence-corrected chi connectivity index (χ1v) is 12.0. The van der Waals surface area contributed by atoms with Gasteiger partial charge in [0.25, 0.3) is 0 Å². The molecule has 0 bridgehead atoms. The third-order valence-electron chi connectivity index (χ3n) is 6.84. The van der Waals surface area contributed by atoms with Crippen molar-refractivity contribution in [2.45, 2.75) is 83.1 Å². The van der Waals surface area contributed by atoms with Gasteiger partial charge in [0.1, 0.15) is 6.04 Å². The third-order valence-corrected chi connectivity index (χ3v) is 6.84. The van der Waals surface area contributed by atoms with E-state index >= 15 is 0 Å². The molecule has 1 heterocycles. The van der Waals surface area contributed by atoms with Crippen LogP contribution >= 0.6 is 0 Å². The van der Waals surface area contributed by atoms with Gasteiger partial charge in [0.05, 0.1) is 18.7 Å². The first-order chi connectivity index (χ1) is 15.9. The number of hydrogen-bond donors (Lipinski definition) is 3. The second kappa shape index (κ2) is 12.1. The molecule has 5 unspecified atom stereocenters. The zero-order valence-electron chi connectivity index (χ0n) is 19.5. The van der Waals surface area contributed by atoms with Gasteiger partial charge in [-0.05, 0) is 56.9 Å². The molecule has 33 heavy (non-hydrogen) atoms. The minimum Gasteiger partial charge on any atom is -0.465 e. The number of Topliss-reactive ketones (excluding diaryl/α,β-unsaturated/α-hetero) is 1. The lowest BCUT2D eigenvalue weighted by molar-refractivity contribution is -0.146. The summed E-state index contributed by atoms with van der Waals surface area (Å²) in [5.41, 5.74) is 1.11. The molecule has 2 aliphatic rings. The Morgan fingerprint density at radius 1 is 1.18 bits per heavy atom. The molecule has 1 aromatic rings. The second-order valence-corrected chi connectivity index (χ2v) is 9.08. The molecule has 1 saturated carbocycles. The molecule has 3 N–H and O–H groups in total. The number of nitrogens with one attached hydrogen (secondary N) is 2. The number of carboxylic acid groups (broad SMARTS) is 1. The number of aryl methyl sites for hydroxylation is 1. The van der Waals surface area contributed by atoms with E-state index in [0.29, 0.717) is 19.3 Å². The number of ether oxygens (including phenoxy) is 2. The highest BCUT2D eigenvalue weighted by Gasteiger charge is 2.44. The predicted octanol–water partition coefficient (Wildman–Crippen LogP) is 3.29. The Morgan fingerprint density at radius 2 is 1.91 bits per heavy atom. The Morgan fingerprint density at radius 3 is 2.61 bits per heavy atom. The monoisotopic (exact) mass is 460 g/mol. The SMILES string of the molecule is CCOC(=O)C(CCc1ccccc1)N[C@@H](C)C(=O)C1NC(OC(=O)O)CC2CCCCC21. The Bertz CT molecular complexity index is 801. The molecule has 8 nitrogen and oxygen atoms in total. The summed E-state index contributed by atoms with van der Waals surface area (Å²) in [7, 11) is 0. The Labute approximate surface area is 195 Å².